The molecule has 5 rings (SSSR count). The van der Waals surface area contributed by atoms with Crippen LogP contribution in [0.5, 0.6) is 11.5 Å². The van der Waals surface area contributed by atoms with Crippen molar-refractivity contribution in [2.75, 3.05) is 17.9 Å². The Hall–Kier alpha value is -3.33. The first-order valence-electron chi connectivity index (χ1n) is 10.6. The number of ether oxygens (including phenoxy) is 2. The standard InChI is InChI=1S/C23H23N3O5S/c1-14-6-7-15(22-17-4-2-3-5-18(17)23(27)25-24-22)12-21(14)32(28,29)26-16-8-9-19-20(13-16)31-11-10-30-19/h6-9,12-13,26H,2-5,10-11H2,1H3,(H,25,27). The minimum absolute atomic E-state index is 0.155. The number of hydrogen-bond acceptors (Lipinski definition) is 6. The highest BCUT2D eigenvalue weighted by molar-refractivity contribution is 7.92. The van der Waals surface area contributed by atoms with Gasteiger partial charge in [0.25, 0.3) is 15.6 Å². The fourth-order valence-corrected chi connectivity index (χ4v) is 5.57. The number of aryl methyl sites for hydroxylation is 1. The van der Waals surface area contributed by atoms with E-state index in [0.717, 1.165) is 30.4 Å². The van der Waals surface area contributed by atoms with Crippen molar-refractivity contribution in [1.29, 1.82) is 0 Å². The molecule has 0 saturated heterocycles. The van der Waals surface area contributed by atoms with Crippen LogP contribution in [0.25, 0.3) is 11.3 Å². The van der Waals surface area contributed by atoms with Gasteiger partial charge in [-0.1, -0.05) is 12.1 Å². The number of H-pyrrole nitrogens is 1. The third-order valence-corrected chi connectivity index (χ3v) is 7.37. The number of sulfonamides is 1. The van der Waals surface area contributed by atoms with Crippen molar-refractivity contribution in [1.82, 2.24) is 10.2 Å². The fourth-order valence-electron chi connectivity index (χ4n) is 4.25. The van der Waals surface area contributed by atoms with Crippen molar-refractivity contribution in [3.05, 3.63) is 63.4 Å². The Morgan fingerprint density at radius 2 is 1.72 bits per heavy atom. The normalized spacial score (nSPS) is 15.2. The second-order valence-electron chi connectivity index (χ2n) is 8.01. The highest BCUT2D eigenvalue weighted by Gasteiger charge is 2.23. The van der Waals surface area contributed by atoms with Crippen LogP contribution in [0.4, 0.5) is 5.69 Å². The Morgan fingerprint density at radius 1 is 0.969 bits per heavy atom. The minimum atomic E-state index is -3.88. The fraction of sp³-hybridized carbons (Fsp3) is 0.304. The molecule has 0 spiro atoms. The molecule has 9 heteroatoms. The number of benzene rings is 2. The average Bonchev–Trinajstić information content (AvgIpc) is 2.80. The first-order valence-corrected chi connectivity index (χ1v) is 12.0. The van der Waals surface area contributed by atoms with Gasteiger partial charge in [0.15, 0.2) is 11.5 Å². The van der Waals surface area contributed by atoms with Gasteiger partial charge < -0.3 is 9.47 Å². The summed E-state index contributed by atoms with van der Waals surface area (Å²) in [5.74, 6) is 1.09. The van der Waals surface area contributed by atoms with Crippen LogP contribution in [-0.4, -0.2) is 31.8 Å². The highest BCUT2D eigenvalue weighted by atomic mass is 32.2. The maximum absolute atomic E-state index is 13.3. The molecule has 0 saturated carbocycles. The van der Waals surface area contributed by atoms with Crippen LogP contribution in [0.3, 0.4) is 0 Å². The maximum atomic E-state index is 13.3. The van der Waals surface area contributed by atoms with E-state index in [2.05, 4.69) is 14.9 Å². The van der Waals surface area contributed by atoms with E-state index in [1.807, 2.05) is 6.07 Å². The summed E-state index contributed by atoms with van der Waals surface area (Å²) in [5, 5.41) is 6.84. The zero-order valence-electron chi connectivity index (χ0n) is 17.6. The topological polar surface area (TPSA) is 110 Å². The molecule has 3 aromatic rings. The van der Waals surface area contributed by atoms with Gasteiger partial charge in [0, 0.05) is 17.2 Å². The van der Waals surface area contributed by atoms with E-state index in [1.54, 1.807) is 37.3 Å². The number of aromatic amines is 1. The second-order valence-corrected chi connectivity index (χ2v) is 9.66. The number of aromatic nitrogens is 2. The van der Waals surface area contributed by atoms with E-state index in [4.69, 9.17) is 9.47 Å². The van der Waals surface area contributed by atoms with E-state index in [1.165, 1.54) is 0 Å². The number of nitrogens with zero attached hydrogens (tertiary/aromatic N) is 1. The van der Waals surface area contributed by atoms with Crippen molar-refractivity contribution in [3.8, 4) is 22.8 Å². The van der Waals surface area contributed by atoms with Gasteiger partial charge >= 0.3 is 0 Å². The predicted octanol–water partition coefficient (Wildman–Crippen LogP) is 3.20. The van der Waals surface area contributed by atoms with E-state index in [-0.39, 0.29) is 10.5 Å². The number of rotatable bonds is 4. The van der Waals surface area contributed by atoms with Crippen LogP contribution in [0.1, 0.15) is 29.5 Å². The number of nitrogens with one attached hydrogen (secondary N) is 2. The molecule has 2 aliphatic rings. The lowest BCUT2D eigenvalue weighted by Gasteiger charge is -2.20. The Morgan fingerprint density at radius 3 is 2.53 bits per heavy atom. The van der Waals surface area contributed by atoms with Crippen molar-refractivity contribution in [2.45, 2.75) is 37.5 Å². The largest absolute Gasteiger partial charge is 0.486 e. The molecule has 2 aromatic carbocycles. The molecule has 2 N–H and O–H groups in total. The van der Waals surface area contributed by atoms with Gasteiger partial charge in [-0.15, -0.1) is 0 Å². The average molecular weight is 454 g/mol. The SMILES string of the molecule is Cc1ccc(-c2n[nH]c(=O)c3c2CCCC3)cc1S(=O)(=O)Nc1ccc2c(c1)OCCO2. The van der Waals surface area contributed by atoms with E-state index in [0.29, 0.717) is 53.6 Å². The molecule has 8 nitrogen and oxygen atoms in total. The third kappa shape index (κ3) is 3.73. The molecular formula is C23H23N3O5S. The van der Waals surface area contributed by atoms with Crippen LogP contribution in [0.2, 0.25) is 0 Å². The van der Waals surface area contributed by atoms with Gasteiger partial charge in [0.05, 0.1) is 16.3 Å². The lowest BCUT2D eigenvalue weighted by molar-refractivity contribution is 0.171. The van der Waals surface area contributed by atoms with Gasteiger partial charge in [0.2, 0.25) is 0 Å². The van der Waals surface area contributed by atoms with Gasteiger partial charge in [-0.3, -0.25) is 9.52 Å². The van der Waals surface area contributed by atoms with Crippen molar-refractivity contribution < 1.29 is 17.9 Å². The summed E-state index contributed by atoms with van der Waals surface area (Å²) in [4.78, 5) is 12.3. The first-order chi connectivity index (χ1) is 15.4. The molecule has 1 aliphatic heterocycles. The molecule has 1 aliphatic carbocycles. The first kappa shape index (κ1) is 20.6. The molecule has 32 heavy (non-hydrogen) atoms. The van der Waals surface area contributed by atoms with Gasteiger partial charge in [0.1, 0.15) is 13.2 Å². The smallest absolute Gasteiger partial charge is 0.267 e. The molecule has 0 fully saturated rings. The van der Waals surface area contributed by atoms with Crippen molar-refractivity contribution in [3.63, 3.8) is 0 Å². The molecule has 0 amide bonds. The third-order valence-electron chi connectivity index (χ3n) is 5.84. The van der Waals surface area contributed by atoms with E-state index >= 15 is 0 Å². The molecule has 0 unspecified atom stereocenters. The van der Waals surface area contributed by atoms with Gasteiger partial charge in [-0.25, -0.2) is 13.5 Å². The van der Waals surface area contributed by atoms with Crippen LogP contribution < -0.4 is 19.8 Å². The van der Waals surface area contributed by atoms with E-state index in [9.17, 15) is 13.2 Å². The predicted molar refractivity (Wildman–Crippen MR) is 120 cm³/mol. The maximum Gasteiger partial charge on any atom is 0.267 e. The zero-order valence-corrected chi connectivity index (χ0v) is 18.4. The highest BCUT2D eigenvalue weighted by Crippen LogP contribution is 2.34. The van der Waals surface area contributed by atoms with Gasteiger partial charge in [-0.2, -0.15) is 5.10 Å². The summed E-state index contributed by atoms with van der Waals surface area (Å²) in [7, 11) is -3.88. The minimum Gasteiger partial charge on any atom is -0.486 e. The molecular weight excluding hydrogens is 430 g/mol. The molecule has 0 atom stereocenters. The van der Waals surface area contributed by atoms with Gasteiger partial charge in [-0.05, 0) is 61.9 Å². The summed E-state index contributed by atoms with van der Waals surface area (Å²) in [6, 6.07) is 10.2. The summed E-state index contributed by atoms with van der Waals surface area (Å²) in [5.41, 5.74) is 3.79. The summed E-state index contributed by atoms with van der Waals surface area (Å²) in [6.07, 6.45) is 3.41. The van der Waals surface area contributed by atoms with Crippen LogP contribution in [0, 0.1) is 6.92 Å². The summed E-state index contributed by atoms with van der Waals surface area (Å²) in [6.45, 7) is 2.63. The Balaban J connectivity index is 1.52. The molecule has 1 aromatic heterocycles. The zero-order chi connectivity index (χ0) is 22.3. The molecule has 2 heterocycles. The van der Waals surface area contributed by atoms with Crippen LogP contribution in [0.15, 0.2) is 46.1 Å². The summed E-state index contributed by atoms with van der Waals surface area (Å²) >= 11 is 0. The number of anilines is 1. The van der Waals surface area contributed by atoms with E-state index < -0.39 is 10.0 Å². The molecule has 166 valence electrons. The second kappa shape index (κ2) is 7.98. The van der Waals surface area contributed by atoms with Crippen LogP contribution >= 0.6 is 0 Å². The number of hydrogen-bond donors (Lipinski definition) is 2. The number of fused-ring (bicyclic) bond motifs is 2. The van der Waals surface area contributed by atoms with Crippen molar-refractivity contribution >= 4 is 15.7 Å². The lowest BCUT2D eigenvalue weighted by atomic mass is 9.90. The van der Waals surface area contributed by atoms with Crippen molar-refractivity contribution in [2.24, 2.45) is 0 Å². The summed E-state index contributed by atoms with van der Waals surface area (Å²) < 4.78 is 40.2. The quantitative estimate of drug-likeness (QED) is 0.628. The lowest BCUT2D eigenvalue weighted by Crippen LogP contribution is -2.21. The Kier molecular flexibility index (Phi) is 5.13. The molecule has 0 radical (unpaired) electrons. The Labute approximate surface area is 185 Å². The Bertz CT molecular complexity index is 1360. The van der Waals surface area contributed by atoms with Crippen LogP contribution in [-0.2, 0) is 22.9 Å². The monoisotopic (exact) mass is 453 g/mol. The molecule has 0 bridgehead atoms.